The number of hydrogen-bond donors (Lipinski definition) is 1. The lowest BCUT2D eigenvalue weighted by molar-refractivity contribution is -0.117. The molecule has 2 heterocycles. The molecule has 198 valence electrons. The van der Waals surface area contributed by atoms with Crippen molar-refractivity contribution >= 4 is 28.7 Å². The third-order valence-electron chi connectivity index (χ3n) is 6.80. The van der Waals surface area contributed by atoms with Gasteiger partial charge in [0.05, 0.1) is 28.8 Å². The van der Waals surface area contributed by atoms with Crippen molar-refractivity contribution in [3.05, 3.63) is 112 Å². The number of carbonyl (C=O) groups is 2. The van der Waals surface area contributed by atoms with Crippen LogP contribution < -0.4 is 9.64 Å². The van der Waals surface area contributed by atoms with Gasteiger partial charge in [-0.25, -0.2) is 4.98 Å². The van der Waals surface area contributed by atoms with Crippen LogP contribution in [0, 0.1) is 6.92 Å². The van der Waals surface area contributed by atoms with Crippen molar-refractivity contribution in [3.63, 3.8) is 0 Å². The summed E-state index contributed by atoms with van der Waals surface area (Å²) in [6.07, 6.45) is 0. The molecule has 1 atom stereocenters. The van der Waals surface area contributed by atoms with E-state index in [2.05, 4.69) is 18.8 Å². The molecule has 7 heteroatoms. The first kappa shape index (κ1) is 26.4. The van der Waals surface area contributed by atoms with Crippen LogP contribution in [0.15, 0.2) is 90.2 Å². The van der Waals surface area contributed by atoms with E-state index >= 15 is 0 Å². The molecule has 0 spiro atoms. The number of aryl methyl sites for hydroxylation is 1. The van der Waals surface area contributed by atoms with Gasteiger partial charge in [0.15, 0.2) is 5.76 Å². The second kappa shape index (κ2) is 10.9. The Hall–Kier alpha value is -4.23. The number of carbonyl (C=O) groups excluding carboxylic acids is 2. The summed E-state index contributed by atoms with van der Waals surface area (Å²) in [4.78, 5) is 34.2. The van der Waals surface area contributed by atoms with Crippen molar-refractivity contribution in [3.8, 4) is 16.3 Å². The van der Waals surface area contributed by atoms with Crippen LogP contribution in [0.1, 0.15) is 59.2 Å². The molecular weight excluding hydrogens is 508 g/mol. The van der Waals surface area contributed by atoms with E-state index in [1.165, 1.54) is 16.2 Å². The number of nitrogens with zero attached hydrogens (tertiary/aromatic N) is 2. The molecule has 1 aromatic heterocycles. The van der Waals surface area contributed by atoms with Gasteiger partial charge in [0.1, 0.15) is 10.8 Å². The molecule has 1 N–H and O–H groups in total. The number of aliphatic hydroxyl groups excluding tert-OH is 1. The van der Waals surface area contributed by atoms with Gasteiger partial charge >= 0.3 is 0 Å². The van der Waals surface area contributed by atoms with Crippen LogP contribution in [0.4, 0.5) is 5.69 Å². The molecule has 1 aliphatic heterocycles. The lowest BCUT2D eigenvalue weighted by Crippen LogP contribution is -2.31. The first-order valence-electron chi connectivity index (χ1n) is 13.0. The highest BCUT2D eigenvalue weighted by atomic mass is 32.1. The van der Waals surface area contributed by atoms with Gasteiger partial charge in [0.25, 0.3) is 5.91 Å². The normalized spacial score (nSPS) is 15.4. The molecule has 3 aromatic carbocycles. The quantitative estimate of drug-likeness (QED) is 0.236. The Kier molecular flexibility index (Phi) is 7.35. The van der Waals surface area contributed by atoms with Gasteiger partial charge in [-0.15, -0.1) is 11.3 Å². The second-order valence-corrected chi connectivity index (χ2v) is 10.7. The topological polar surface area (TPSA) is 79.7 Å². The lowest BCUT2D eigenvalue weighted by Gasteiger charge is -2.27. The Morgan fingerprint density at radius 3 is 2.44 bits per heavy atom. The van der Waals surface area contributed by atoms with E-state index in [0.717, 1.165) is 16.7 Å². The van der Waals surface area contributed by atoms with Gasteiger partial charge in [-0.3, -0.25) is 14.5 Å². The molecule has 6 nitrogen and oxygen atoms in total. The van der Waals surface area contributed by atoms with Crippen molar-refractivity contribution in [2.24, 2.45) is 0 Å². The van der Waals surface area contributed by atoms with Crippen molar-refractivity contribution in [2.75, 3.05) is 11.5 Å². The van der Waals surface area contributed by atoms with E-state index in [1.54, 1.807) is 25.1 Å². The van der Waals surface area contributed by atoms with E-state index in [1.807, 2.05) is 67.6 Å². The minimum absolute atomic E-state index is 0.0467. The molecule has 1 unspecified atom stereocenters. The van der Waals surface area contributed by atoms with Crippen LogP contribution in [0.2, 0.25) is 0 Å². The van der Waals surface area contributed by atoms with Gasteiger partial charge in [-0.05, 0) is 43.0 Å². The molecule has 0 saturated carbocycles. The molecule has 0 saturated heterocycles. The zero-order valence-electron chi connectivity index (χ0n) is 22.3. The fourth-order valence-corrected chi connectivity index (χ4v) is 5.83. The Labute approximate surface area is 232 Å². The number of anilines is 1. The number of benzene rings is 3. The average Bonchev–Trinajstić information content (AvgIpc) is 3.46. The van der Waals surface area contributed by atoms with Crippen molar-refractivity contribution in [1.29, 1.82) is 0 Å². The van der Waals surface area contributed by atoms with Crippen LogP contribution >= 0.6 is 11.3 Å². The molecule has 5 rings (SSSR count). The molecule has 4 aromatic rings. The fourth-order valence-electron chi connectivity index (χ4n) is 4.81. The minimum atomic E-state index is -0.815. The summed E-state index contributed by atoms with van der Waals surface area (Å²) in [5.74, 6) is -0.657. The zero-order valence-corrected chi connectivity index (χ0v) is 23.2. The largest absolute Gasteiger partial charge is 0.503 e. The van der Waals surface area contributed by atoms with Gasteiger partial charge in [-0.2, -0.15) is 0 Å². The first-order chi connectivity index (χ1) is 18.8. The zero-order chi connectivity index (χ0) is 27.7. The van der Waals surface area contributed by atoms with Crippen LogP contribution in [-0.4, -0.2) is 28.4 Å². The van der Waals surface area contributed by atoms with E-state index in [-0.39, 0.29) is 5.57 Å². The van der Waals surface area contributed by atoms with E-state index in [0.29, 0.717) is 39.5 Å². The van der Waals surface area contributed by atoms with Crippen LogP contribution in [0.25, 0.3) is 10.6 Å². The van der Waals surface area contributed by atoms with Crippen molar-refractivity contribution in [1.82, 2.24) is 4.98 Å². The van der Waals surface area contributed by atoms with Crippen molar-refractivity contribution < 1.29 is 19.4 Å². The van der Waals surface area contributed by atoms with Crippen molar-refractivity contribution in [2.45, 2.75) is 39.7 Å². The Morgan fingerprint density at radius 2 is 1.77 bits per heavy atom. The number of amides is 1. The number of aromatic nitrogens is 1. The highest BCUT2D eigenvalue weighted by Crippen LogP contribution is 2.44. The van der Waals surface area contributed by atoms with Gasteiger partial charge < -0.3 is 9.84 Å². The molecule has 1 aliphatic rings. The molecule has 0 radical (unpaired) electrons. The second-order valence-electron chi connectivity index (χ2n) is 9.72. The fraction of sp³-hybridized carbons (Fsp3) is 0.219. The van der Waals surface area contributed by atoms with E-state index in [9.17, 15) is 14.7 Å². The van der Waals surface area contributed by atoms with E-state index < -0.39 is 23.5 Å². The number of ether oxygens (including phenoxy) is 1. The Balaban J connectivity index is 1.62. The summed E-state index contributed by atoms with van der Waals surface area (Å²) in [7, 11) is 0. The minimum Gasteiger partial charge on any atom is -0.503 e. The maximum Gasteiger partial charge on any atom is 0.294 e. The monoisotopic (exact) mass is 538 g/mol. The third-order valence-corrected chi connectivity index (χ3v) is 8.01. The van der Waals surface area contributed by atoms with Gasteiger partial charge in [0, 0.05) is 17.3 Å². The van der Waals surface area contributed by atoms with Crippen LogP contribution in [0.5, 0.6) is 5.75 Å². The highest BCUT2D eigenvalue weighted by Gasteiger charge is 2.45. The molecule has 1 amide bonds. The number of hydrogen-bond acceptors (Lipinski definition) is 6. The lowest BCUT2D eigenvalue weighted by atomic mass is 9.92. The van der Waals surface area contributed by atoms with Crippen LogP contribution in [-0.2, 0) is 4.79 Å². The highest BCUT2D eigenvalue weighted by molar-refractivity contribution is 7.17. The standard InChI is InChI=1S/C32H30N2O4S/c1-5-38-25-13-9-12-24(18-25)34-27(22-16-14-21(15-17-22)19(2)3)26(29(36)32(34)37)28(35)30-20(4)33-31(39-30)23-10-7-6-8-11-23/h6-19,27,36H,5H2,1-4H3. The average molecular weight is 539 g/mol. The van der Waals surface area contributed by atoms with Crippen LogP contribution in [0.3, 0.4) is 0 Å². The number of ketones is 1. The summed E-state index contributed by atoms with van der Waals surface area (Å²) in [5.41, 5.74) is 3.91. The maximum atomic E-state index is 14.1. The predicted molar refractivity (Wildman–Crippen MR) is 155 cm³/mol. The predicted octanol–water partition coefficient (Wildman–Crippen LogP) is 7.42. The maximum absolute atomic E-state index is 14.1. The number of rotatable bonds is 8. The summed E-state index contributed by atoms with van der Waals surface area (Å²) in [6.45, 7) is 8.35. The molecule has 0 bridgehead atoms. The summed E-state index contributed by atoms with van der Waals surface area (Å²) in [5, 5.41) is 11.9. The summed E-state index contributed by atoms with van der Waals surface area (Å²) in [6, 6.07) is 23.8. The summed E-state index contributed by atoms with van der Waals surface area (Å²) < 4.78 is 5.67. The number of Topliss-reactive ketones (excluding diaryl/α,β-unsaturated/α-hetero) is 1. The van der Waals surface area contributed by atoms with E-state index in [4.69, 9.17) is 4.74 Å². The first-order valence-corrected chi connectivity index (χ1v) is 13.8. The smallest absolute Gasteiger partial charge is 0.294 e. The molecule has 0 aliphatic carbocycles. The third kappa shape index (κ3) is 4.98. The molecule has 39 heavy (non-hydrogen) atoms. The van der Waals surface area contributed by atoms with Gasteiger partial charge in [0.2, 0.25) is 5.78 Å². The SMILES string of the molecule is CCOc1cccc(N2C(=O)C(O)=C(C(=O)c3sc(-c4ccccc4)nc3C)C2c2ccc(C(C)C)cc2)c1. The number of thiazole rings is 1. The molecular formula is C32H30N2O4S. The number of aliphatic hydroxyl groups is 1. The molecule has 0 fully saturated rings. The Bertz CT molecular complexity index is 1550. The summed E-state index contributed by atoms with van der Waals surface area (Å²) >= 11 is 1.26. The Morgan fingerprint density at radius 1 is 1.05 bits per heavy atom. The van der Waals surface area contributed by atoms with Gasteiger partial charge in [-0.1, -0.05) is 74.5 Å².